The molecular formula is C14H18ClNO. The van der Waals surface area contributed by atoms with Gasteiger partial charge >= 0.3 is 0 Å². The SMILES string of the molecule is O=C(CCC1CCNCC1)c1ccc(Cl)cc1. The number of benzene rings is 1. The van der Waals surface area contributed by atoms with Gasteiger partial charge in [0.25, 0.3) is 0 Å². The molecule has 92 valence electrons. The van der Waals surface area contributed by atoms with Crippen LogP contribution in [-0.4, -0.2) is 18.9 Å². The maximum atomic E-state index is 11.9. The Morgan fingerprint density at radius 1 is 1.24 bits per heavy atom. The molecule has 1 saturated heterocycles. The zero-order valence-corrected chi connectivity index (χ0v) is 10.7. The van der Waals surface area contributed by atoms with Crippen molar-refractivity contribution in [3.05, 3.63) is 34.9 Å². The molecule has 0 radical (unpaired) electrons. The molecule has 0 saturated carbocycles. The monoisotopic (exact) mass is 251 g/mol. The zero-order chi connectivity index (χ0) is 12.1. The topological polar surface area (TPSA) is 29.1 Å². The normalized spacial score (nSPS) is 17.0. The van der Waals surface area contributed by atoms with E-state index in [4.69, 9.17) is 11.6 Å². The van der Waals surface area contributed by atoms with E-state index in [1.54, 1.807) is 12.1 Å². The van der Waals surface area contributed by atoms with E-state index in [0.29, 0.717) is 17.4 Å². The minimum Gasteiger partial charge on any atom is -0.317 e. The molecule has 0 aromatic heterocycles. The first-order valence-electron chi connectivity index (χ1n) is 6.25. The number of carbonyl (C=O) groups is 1. The minimum atomic E-state index is 0.236. The van der Waals surface area contributed by atoms with Gasteiger partial charge in [0.05, 0.1) is 0 Å². The average molecular weight is 252 g/mol. The zero-order valence-electron chi connectivity index (χ0n) is 9.92. The molecule has 2 nitrogen and oxygen atoms in total. The smallest absolute Gasteiger partial charge is 0.162 e. The maximum absolute atomic E-state index is 11.9. The molecule has 0 spiro atoms. The van der Waals surface area contributed by atoms with Gasteiger partial charge in [0.15, 0.2) is 5.78 Å². The van der Waals surface area contributed by atoms with Crippen LogP contribution in [0.1, 0.15) is 36.0 Å². The highest BCUT2D eigenvalue weighted by Gasteiger charge is 2.15. The number of Topliss-reactive ketones (excluding diaryl/α,β-unsaturated/α-hetero) is 1. The van der Waals surface area contributed by atoms with E-state index in [1.807, 2.05) is 12.1 Å². The van der Waals surface area contributed by atoms with E-state index in [-0.39, 0.29) is 5.78 Å². The van der Waals surface area contributed by atoms with Gasteiger partial charge in [-0.15, -0.1) is 0 Å². The lowest BCUT2D eigenvalue weighted by atomic mass is 9.91. The molecule has 1 aromatic carbocycles. The van der Waals surface area contributed by atoms with Crippen LogP contribution in [0, 0.1) is 5.92 Å². The van der Waals surface area contributed by atoms with E-state index < -0.39 is 0 Å². The van der Waals surface area contributed by atoms with Crippen molar-refractivity contribution >= 4 is 17.4 Å². The Kier molecular flexibility index (Phi) is 4.57. The number of hydrogen-bond acceptors (Lipinski definition) is 2. The first-order chi connectivity index (χ1) is 8.25. The van der Waals surface area contributed by atoms with Crippen LogP contribution < -0.4 is 5.32 Å². The lowest BCUT2D eigenvalue weighted by Gasteiger charge is -2.22. The van der Waals surface area contributed by atoms with Gasteiger partial charge in [0, 0.05) is 17.0 Å². The van der Waals surface area contributed by atoms with Crippen molar-refractivity contribution in [3.8, 4) is 0 Å². The van der Waals surface area contributed by atoms with Crippen molar-refractivity contribution in [3.63, 3.8) is 0 Å². The summed E-state index contributed by atoms with van der Waals surface area (Å²) in [6.07, 6.45) is 4.08. The van der Waals surface area contributed by atoms with Gasteiger partial charge in [0.2, 0.25) is 0 Å². The van der Waals surface area contributed by atoms with Crippen LogP contribution in [0.25, 0.3) is 0 Å². The number of hydrogen-bond donors (Lipinski definition) is 1. The minimum absolute atomic E-state index is 0.236. The summed E-state index contributed by atoms with van der Waals surface area (Å²) in [6.45, 7) is 2.19. The van der Waals surface area contributed by atoms with Gasteiger partial charge in [0.1, 0.15) is 0 Å². The van der Waals surface area contributed by atoms with Gasteiger partial charge in [-0.25, -0.2) is 0 Å². The van der Waals surface area contributed by atoms with Crippen LogP contribution >= 0.6 is 11.6 Å². The third-order valence-electron chi connectivity index (χ3n) is 3.40. The van der Waals surface area contributed by atoms with Crippen LogP contribution in [0.4, 0.5) is 0 Å². The summed E-state index contributed by atoms with van der Waals surface area (Å²) in [6, 6.07) is 7.18. The molecule has 2 rings (SSSR count). The number of carbonyl (C=O) groups excluding carboxylic acids is 1. The van der Waals surface area contributed by atoms with Crippen molar-refractivity contribution in [2.24, 2.45) is 5.92 Å². The van der Waals surface area contributed by atoms with E-state index >= 15 is 0 Å². The van der Waals surface area contributed by atoms with Gasteiger partial charge in [-0.3, -0.25) is 4.79 Å². The van der Waals surface area contributed by atoms with Crippen LogP contribution in [0.5, 0.6) is 0 Å². The Balaban J connectivity index is 1.82. The third kappa shape index (κ3) is 3.83. The number of rotatable bonds is 4. The summed E-state index contributed by atoms with van der Waals surface area (Å²) in [4.78, 5) is 11.9. The molecule has 1 aromatic rings. The Labute approximate surface area is 107 Å². The summed E-state index contributed by atoms with van der Waals surface area (Å²) < 4.78 is 0. The van der Waals surface area contributed by atoms with Crippen molar-refractivity contribution in [2.75, 3.05) is 13.1 Å². The van der Waals surface area contributed by atoms with Crippen molar-refractivity contribution in [1.29, 1.82) is 0 Å². The highest BCUT2D eigenvalue weighted by molar-refractivity contribution is 6.30. The first kappa shape index (κ1) is 12.6. The van der Waals surface area contributed by atoms with E-state index in [1.165, 1.54) is 12.8 Å². The number of ketones is 1. The first-order valence-corrected chi connectivity index (χ1v) is 6.63. The van der Waals surface area contributed by atoms with Crippen molar-refractivity contribution in [2.45, 2.75) is 25.7 Å². The highest BCUT2D eigenvalue weighted by atomic mass is 35.5. The third-order valence-corrected chi connectivity index (χ3v) is 3.66. The molecule has 0 atom stereocenters. The van der Waals surface area contributed by atoms with Crippen LogP contribution in [0.3, 0.4) is 0 Å². The number of halogens is 1. The van der Waals surface area contributed by atoms with Crippen LogP contribution in [0.2, 0.25) is 5.02 Å². The molecule has 1 N–H and O–H groups in total. The fraction of sp³-hybridized carbons (Fsp3) is 0.500. The van der Waals surface area contributed by atoms with Gasteiger partial charge in [-0.2, -0.15) is 0 Å². The number of piperidine rings is 1. The molecule has 0 unspecified atom stereocenters. The molecule has 0 aliphatic carbocycles. The molecule has 1 aliphatic heterocycles. The Morgan fingerprint density at radius 2 is 1.88 bits per heavy atom. The lowest BCUT2D eigenvalue weighted by Crippen LogP contribution is -2.27. The second-order valence-corrected chi connectivity index (χ2v) is 5.10. The van der Waals surface area contributed by atoms with Crippen molar-refractivity contribution < 1.29 is 4.79 Å². The predicted molar refractivity (Wildman–Crippen MR) is 70.6 cm³/mol. The molecule has 1 heterocycles. The predicted octanol–water partition coefficient (Wildman–Crippen LogP) is 3.30. The number of nitrogens with one attached hydrogen (secondary N) is 1. The van der Waals surface area contributed by atoms with Crippen LogP contribution in [-0.2, 0) is 0 Å². The van der Waals surface area contributed by atoms with E-state index in [2.05, 4.69) is 5.32 Å². The fourth-order valence-electron chi connectivity index (χ4n) is 2.29. The van der Waals surface area contributed by atoms with Crippen LogP contribution in [0.15, 0.2) is 24.3 Å². The molecule has 0 bridgehead atoms. The van der Waals surface area contributed by atoms with E-state index in [0.717, 1.165) is 25.1 Å². The Hall–Kier alpha value is -0.860. The fourth-order valence-corrected chi connectivity index (χ4v) is 2.41. The molecule has 3 heteroatoms. The van der Waals surface area contributed by atoms with Crippen molar-refractivity contribution in [1.82, 2.24) is 5.32 Å². The molecule has 1 aliphatic rings. The Bertz CT molecular complexity index is 368. The molecular weight excluding hydrogens is 234 g/mol. The van der Waals surface area contributed by atoms with Gasteiger partial charge in [-0.1, -0.05) is 11.6 Å². The Morgan fingerprint density at radius 3 is 2.53 bits per heavy atom. The average Bonchev–Trinajstić information content (AvgIpc) is 2.38. The quantitative estimate of drug-likeness (QED) is 0.832. The lowest BCUT2D eigenvalue weighted by molar-refractivity contribution is 0.0971. The largest absolute Gasteiger partial charge is 0.317 e. The summed E-state index contributed by atoms with van der Waals surface area (Å²) >= 11 is 5.80. The standard InChI is InChI=1S/C14H18ClNO/c15-13-4-2-12(3-5-13)14(17)6-1-11-7-9-16-10-8-11/h2-5,11,16H,1,6-10H2. The summed E-state index contributed by atoms with van der Waals surface area (Å²) in [7, 11) is 0. The summed E-state index contributed by atoms with van der Waals surface area (Å²) in [5.41, 5.74) is 0.781. The summed E-state index contributed by atoms with van der Waals surface area (Å²) in [5.74, 6) is 0.952. The molecule has 1 fully saturated rings. The second kappa shape index (κ2) is 6.18. The van der Waals surface area contributed by atoms with Gasteiger partial charge < -0.3 is 5.32 Å². The maximum Gasteiger partial charge on any atom is 0.162 e. The second-order valence-electron chi connectivity index (χ2n) is 4.66. The highest BCUT2D eigenvalue weighted by Crippen LogP contribution is 2.19. The molecule has 17 heavy (non-hydrogen) atoms. The van der Waals surface area contributed by atoms with Gasteiger partial charge in [-0.05, 0) is 62.5 Å². The summed E-state index contributed by atoms with van der Waals surface area (Å²) in [5, 5.41) is 4.02. The molecule has 0 amide bonds. The van der Waals surface area contributed by atoms with E-state index in [9.17, 15) is 4.79 Å².